The molecule has 1 fully saturated rings. The summed E-state index contributed by atoms with van der Waals surface area (Å²) in [5, 5.41) is 4.29. The number of nitrogens with zero attached hydrogens (tertiary/aromatic N) is 2. The van der Waals surface area contributed by atoms with Gasteiger partial charge in [0, 0.05) is 17.3 Å². The maximum absolute atomic E-state index is 13.3. The van der Waals surface area contributed by atoms with Crippen LogP contribution >= 0.6 is 23.8 Å². The van der Waals surface area contributed by atoms with Crippen LogP contribution in [0.1, 0.15) is 12.0 Å². The van der Waals surface area contributed by atoms with E-state index < -0.39 is 6.04 Å². The number of rotatable bonds is 6. The molecule has 3 aromatic rings. The normalized spacial score (nSPS) is 15.7. The number of benzene rings is 3. The SMILES string of the molecule is O=C1CC(N(CCc2ccc(Cl)cc2)C(=S)Nc2ccccc2)C(=O)N1c1ccccc1. The van der Waals surface area contributed by atoms with Gasteiger partial charge in [-0.3, -0.25) is 9.59 Å². The molecule has 7 heteroatoms. The Morgan fingerprint density at radius 3 is 2.25 bits per heavy atom. The third kappa shape index (κ3) is 4.98. The lowest BCUT2D eigenvalue weighted by Crippen LogP contribution is -2.48. The molecule has 0 saturated carbocycles. The molecule has 1 aliphatic rings. The van der Waals surface area contributed by atoms with Crippen molar-refractivity contribution in [3.8, 4) is 0 Å². The van der Waals surface area contributed by atoms with Crippen LogP contribution in [-0.2, 0) is 16.0 Å². The second-order valence-electron chi connectivity index (χ2n) is 7.49. The zero-order chi connectivity index (χ0) is 22.5. The van der Waals surface area contributed by atoms with Gasteiger partial charge in [-0.15, -0.1) is 0 Å². The quantitative estimate of drug-likeness (QED) is 0.415. The molecule has 1 unspecified atom stereocenters. The molecule has 0 aliphatic carbocycles. The van der Waals surface area contributed by atoms with E-state index >= 15 is 0 Å². The number of imide groups is 1. The van der Waals surface area contributed by atoms with Gasteiger partial charge in [0.15, 0.2) is 5.11 Å². The highest BCUT2D eigenvalue weighted by Crippen LogP contribution is 2.26. The predicted octanol–water partition coefficient (Wildman–Crippen LogP) is 4.91. The van der Waals surface area contributed by atoms with Gasteiger partial charge in [0.2, 0.25) is 5.91 Å². The van der Waals surface area contributed by atoms with Crippen molar-refractivity contribution in [3.05, 3.63) is 95.5 Å². The third-order valence-corrected chi connectivity index (χ3v) is 5.94. The number of carbonyl (C=O) groups excluding carboxylic acids is 2. The van der Waals surface area contributed by atoms with E-state index in [9.17, 15) is 9.59 Å². The van der Waals surface area contributed by atoms with E-state index in [1.807, 2.05) is 77.7 Å². The molecule has 5 nitrogen and oxygen atoms in total. The Morgan fingerprint density at radius 1 is 0.969 bits per heavy atom. The van der Waals surface area contributed by atoms with Gasteiger partial charge in [-0.2, -0.15) is 0 Å². The van der Waals surface area contributed by atoms with Crippen LogP contribution in [-0.4, -0.2) is 34.4 Å². The molecule has 1 atom stereocenters. The summed E-state index contributed by atoms with van der Waals surface area (Å²) < 4.78 is 0. The summed E-state index contributed by atoms with van der Waals surface area (Å²) in [5.74, 6) is -0.500. The molecular weight excluding hydrogens is 442 g/mol. The van der Waals surface area contributed by atoms with Gasteiger partial charge in [0.05, 0.1) is 12.1 Å². The first-order valence-electron chi connectivity index (χ1n) is 10.3. The highest BCUT2D eigenvalue weighted by atomic mass is 35.5. The first-order valence-corrected chi connectivity index (χ1v) is 11.1. The molecule has 2 amide bonds. The predicted molar refractivity (Wildman–Crippen MR) is 132 cm³/mol. The van der Waals surface area contributed by atoms with Gasteiger partial charge in [-0.05, 0) is 60.6 Å². The molecular formula is C25H22ClN3O2S. The zero-order valence-corrected chi connectivity index (χ0v) is 18.9. The lowest BCUT2D eigenvalue weighted by Gasteiger charge is -2.30. The minimum absolute atomic E-state index is 0.0744. The molecule has 1 N–H and O–H groups in total. The molecule has 3 aromatic carbocycles. The van der Waals surface area contributed by atoms with Crippen molar-refractivity contribution >= 4 is 52.1 Å². The lowest BCUT2D eigenvalue weighted by atomic mass is 10.1. The first kappa shape index (κ1) is 22.0. The summed E-state index contributed by atoms with van der Waals surface area (Å²) in [6.45, 7) is 0.479. The maximum atomic E-state index is 13.3. The molecule has 0 aromatic heterocycles. The Morgan fingerprint density at radius 2 is 1.59 bits per heavy atom. The highest BCUT2D eigenvalue weighted by molar-refractivity contribution is 7.80. The third-order valence-electron chi connectivity index (χ3n) is 5.35. The number of carbonyl (C=O) groups is 2. The molecule has 0 radical (unpaired) electrons. The van der Waals surface area contributed by atoms with Crippen LogP contribution in [0.4, 0.5) is 11.4 Å². The summed E-state index contributed by atoms with van der Waals surface area (Å²) >= 11 is 11.7. The Labute approximate surface area is 197 Å². The molecule has 0 bridgehead atoms. The lowest BCUT2D eigenvalue weighted by molar-refractivity contribution is -0.122. The molecule has 32 heavy (non-hydrogen) atoms. The van der Waals surface area contributed by atoms with E-state index in [2.05, 4.69) is 5.32 Å². The summed E-state index contributed by atoms with van der Waals surface area (Å²) in [6, 6.07) is 25.4. The monoisotopic (exact) mass is 463 g/mol. The number of anilines is 2. The zero-order valence-electron chi connectivity index (χ0n) is 17.3. The number of nitrogens with one attached hydrogen (secondary N) is 1. The fourth-order valence-electron chi connectivity index (χ4n) is 3.72. The van der Waals surface area contributed by atoms with Crippen molar-refractivity contribution < 1.29 is 9.59 Å². The van der Waals surface area contributed by atoms with E-state index in [4.69, 9.17) is 23.8 Å². The fourth-order valence-corrected chi connectivity index (χ4v) is 4.19. The van der Waals surface area contributed by atoms with Crippen LogP contribution in [0.15, 0.2) is 84.9 Å². The van der Waals surface area contributed by atoms with Crippen LogP contribution in [0.2, 0.25) is 5.02 Å². The Kier molecular flexibility index (Phi) is 6.83. The molecule has 1 heterocycles. The van der Waals surface area contributed by atoms with Gasteiger partial charge in [0.1, 0.15) is 6.04 Å². The standard InChI is InChI=1S/C25H22ClN3O2S/c26-19-13-11-18(12-14-19)15-16-28(25(32)27-20-7-3-1-4-8-20)22-17-23(30)29(24(22)31)21-9-5-2-6-10-21/h1-14,22H,15-17H2,(H,27,32). The second kappa shape index (κ2) is 9.94. The number of thiocarbonyl (C=S) groups is 1. The van der Waals surface area contributed by atoms with Crippen LogP contribution < -0.4 is 10.2 Å². The maximum Gasteiger partial charge on any atom is 0.257 e. The number of amides is 2. The number of para-hydroxylation sites is 2. The van der Waals surface area contributed by atoms with E-state index in [-0.39, 0.29) is 18.2 Å². The van der Waals surface area contributed by atoms with Crippen LogP contribution in [0.25, 0.3) is 0 Å². The smallest absolute Gasteiger partial charge is 0.257 e. The summed E-state index contributed by atoms with van der Waals surface area (Å²) in [4.78, 5) is 29.2. The second-order valence-corrected chi connectivity index (χ2v) is 8.31. The van der Waals surface area contributed by atoms with Crippen molar-refractivity contribution in [3.63, 3.8) is 0 Å². The fraction of sp³-hybridized carbons (Fsp3) is 0.160. The van der Waals surface area contributed by atoms with Gasteiger partial charge in [-0.25, -0.2) is 4.90 Å². The highest BCUT2D eigenvalue weighted by Gasteiger charge is 2.43. The van der Waals surface area contributed by atoms with E-state index in [0.29, 0.717) is 28.8 Å². The molecule has 162 valence electrons. The van der Waals surface area contributed by atoms with E-state index in [1.54, 1.807) is 12.1 Å². The minimum Gasteiger partial charge on any atom is -0.336 e. The summed E-state index contributed by atoms with van der Waals surface area (Å²) in [5.41, 5.74) is 2.47. The Bertz CT molecular complexity index is 1110. The molecule has 4 rings (SSSR count). The van der Waals surface area contributed by atoms with Crippen LogP contribution in [0.3, 0.4) is 0 Å². The topological polar surface area (TPSA) is 52.7 Å². The van der Waals surface area contributed by atoms with Gasteiger partial charge in [0.25, 0.3) is 5.91 Å². The van der Waals surface area contributed by atoms with Gasteiger partial charge >= 0.3 is 0 Å². The largest absolute Gasteiger partial charge is 0.336 e. The molecule has 0 spiro atoms. The number of hydrogen-bond acceptors (Lipinski definition) is 3. The van der Waals surface area contributed by atoms with Crippen LogP contribution in [0.5, 0.6) is 0 Å². The van der Waals surface area contributed by atoms with Gasteiger partial charge in [-0.1, -0.05) is 60.1 Å². The average Bonchev–Trinajstić information content (AvgIpc) is 3.10. The summed E-state index contributed by atoms with van der Waals surface area (Å²) in [6.07, 6.45) is 0.724. The van der Waals surface area contributed by atoms with Crippen molar-refractivity contribution in [2.75, 3.05) is 16.8 Å². The minimum atomic E-state index is -0.668. The molecule has 1 saturated heterocycles. The summed E-state index contributed by atoms with van der Waals surface area (Å²) in [7, 11) is 0. The van der Waals surface area contributed by atoms with E-state index in [1.165, 1.54) is 4.90 Å². The van der Waals surface area contributed by atoms with Crippen LogP contribution in [0, 0.1) is 0 Å². The van der Waals surface area contributed by atoms with Crippen molar-refractivity contribution in [2.45, 2.75) is 18.9 Å². The number of halogens is 1. The Hall–Kier alpha value is -3.22. The van der Waals surface area contributed by atoms with Crippen molar-refractivity contribution in [1.29, 1.82) is 0 Å². The van der Waals surface area contributed by atoms with Crippen molar-refractivity contribution in [2.24, 2.45) is 0 Å². The van der Waals surface area contributed by atoms with Gasteiger partial charge < -0.3 is 10.2 Å². The molecule has 1 aliphatic heterocycles. The number of hydrogen-bond donors (Lipinski definition) is 1. The van der Waals surface area contributed by atoms with Crippen molar-refractivity contribution in [1.82, 2.24) is 4.90 Å². The van der Waals surface area contributed by atoms with E-state index in [0.717, 1.165) is 11.3 Å². The first-order chi connectivity index (χ1) is 15.5. The average molecular weight is 464 g/mol. The Balaban J connectivity index is 1.57.